The predicted molar refractivity (Wildman–Crippen MR) is 84.4 cm³/mol. The van der Waals surface area contributed by atoms with E-state index in [4.69, 9.17) is 5.11 Å². The highest BCUT2D eigenvalue weighted by Gasteiger charge is 2.32. The molecule has 1 heterocycles. The molecule has 2 atom stereocenters. The summed E-state index contributed by atoms with van der Waals surface area (Å²) in [6.45, 7) is 2.58. The predicted octanol–water partition coefficient (Wildman–Crippen LogP) is 1.35. The van der Waals surface area contributed by atoms with Gasteiger partial charge in [0.25, 0.3) is 5.56 Å². The molecule has 0 amide bonds. The summed E-state index contributed by atoms with van der Waals surface area (Å²) in [5.74, 6) is 0.518. The molecular weight excluding hydrogens is 338 g/mol. The van der Waals surface area contributed by atoms with Crippen LogP contribution in [0, 0.1) is 5.92 Å². The number of halogens is 1. The highest BCUT2D eigenvalue weighted by molar-refractivity contribution is 9.10. The Labute approximate surface area is 132 Å². The summed E-state index contributed by atoms with van der Waals surface area (Å²) in [5, 5.41) is 26.6. The third kappa shape index (κ3) is 4.05. The smallest absolute Gasteiger partial charge is 0.283 e. The second kappa shape index (κ2) is 6.89. The molecule has 0 aromatic carbocycles. The SMILES string of the molecule is CC1CCCC(O)(CNc2cnn(CCO)c(=O)c2Br)C1. The standard InChI is InChI=1S/C14H22BrN3O3/c1-10-3-2-4-14(21,7-10)9-16-11-8-17-18(5-6-19)13(20)12(11)15/h8,10,16,19,21H,2-7,9H2,1H3. The molecule has 0 radical (unpaired) electrons. The Hall–Kier alpha value is -0.920. The first-order valence-corrected chi connectivity index (χ1v) is 8.07. The Balaban J connectivity index is 2.06. The molecule has 0 saturated heterocycles. The molecule has 1 aliphatic rings. The third-order valence-electron chi connectivity index (χ3n) is 3.97. The largest absolute Gasteiger partial charge is 0.394 e. The van der Waals surface area contributed by atoms with Crippen molar-refractivity contribution in [3.63, 3.8) is 0 Å². The summed E-state index contributed by atoms with van der Waals surface area (Å²) in [6, 6.07) is 0. The van der Waals surface area contributed by atoms with Crippen molar-refractivity contribution in [2.24, 2.45) is 5.92 Å². The molecule has 0 spiro atoms. The van der Waals surface area contributed by atoms with E-state index in [2.05, 4.69) is 33.3 Å². The van der Waals surface area contributed by atoms with Gasteiger partial charge in [0.15, 0.2) is 0 Å². The summed E-state index contributed by atoms with van der Waals surface area (Å²) in [6.07, 6.45) is 5.27. The van der Waals surface area contributed by atoms with Crippen LogP contribution >= 0.6 is 15.9 Å². The van der Waals surface area contributed by atoms with Crippen LogP contribution in [0.3, 0.4) is 0 Å². The van der Waals surface area contributed by atoms with Gasteiger partial charge < -0.3 is 15.5 Å². The molecule has 7 heteroatoms. The Morgan fingerprint density at radius 3 is 3.05 bits per heavy atom. The van der Waals surface area contributed by atoms with Gasteiger partial charge in [0.05, 0.1) is 30.6 Å². The molecule has 2 unspecified atom stereocenters. The highest BCUT2D eigenvalue weighted by Crippen LogP contribution is 2.32. The van der Waals surface area contributed by atoms with E-state index in [-0.39, 0.29) is 18.7 Å². The number of aromatic nitrogens is 2. The number of aliphatic hydroxyl groups excluding tert-OH is 1. The topological polar surface area (TPSA) is 87.4 Å². The van der Waals surface area contributed by atoms with E-state index >= 15 is 0 Å². The van der Waals surface area contributed by atoms with Crippen molar-refractivity contribution in [3.05, 3.63) is 21.0 Å². The lowest BCUT2D eigenvalue weighted by Crippen LogP contribution is -2.41. The van der Waals surface area contributed by atoms with Crippen LogP contribution in [0.1, 0.15) is 32.6 Å². The average Bonchev–Trinajstić information content (AvgIpc) is 2.43. The van der Waals surface area contributed by atoms with Gasteiger partial charge in [-0.3, -0.25) is 4.79 Å². The van der Waals surface area contributed by atoms with E-state index in [9.17, 15) is 9.90 Å². The van der Waals surface area contributed by atoms with E-state index in [1.807, 2.05) is 0 Å². The zero-order chi connectivity index (χ0) is 15.5. The fourth-order valence-corrected chi connectivity index (χ4v) is 3.34. The monoisotopic (exact) mass is 359 g/mol. The first kappa shape index (κ1) is 16.5. The fraction of sp³-hybridized carbons (Fsp3) is 0.714. The van der Waals surface area contributed by atoms with Gasteiger partial charge in [-0.05, 0) is 34.7 Å². The van der Waals surface area contributed by atoms with Crippen molar-refractivity contribution in [1.29, 1.82) is 0 Å². The lowest BCUT2D eigenvalue weighted by Gasteiger charge is -2.35. The van der Waals surface area contributed by atoms with Gasteiger partial charge >= 0.3 is 0 Å². The maximum Gasteiger partial charge on any atom is 0.283 e. The van der Waals surface area contributed by atoms with Crippen LogP contribution in [0.5, 0.6) is 0 Å². The minimum Gasteiger partial charge on any atom is -0.394 e. The Morgan fingerprint density at radius 1 is 1.62 bits per heavy atom. The summed E-state index contributed by atoms with van der Waals surface area (Å²) in [7, 11) is 0. The molecule has 0 bridgehead atoms. The van der Waals surface area contributed by atoms with Gasteiger partial charge in [-0.15, -0.1) is 0 Å². The van der Waals surface area contributed by atoms with Gasteiger partial charge in [0.2, 0.25) is 0 Å². The molecule has 0 aliphatic heterocycles. The quantitative estimate of drug-likeness (QED) is 0.738. The van der Waals surface area contributed by atoms with Crippen LogP contribution in [0.15, 0.2) is 15.5 Å². The number of nitrogens with one attached hydrogen (secondary N) is 1. The van der Waals surface area contributed by atoms with Gasteiger partial charge in [-0.1, -0.05) is 19.8 Å². The second-order valence-corrected chi connectivity index (χ2v) is 6.70. The van der Waals surface area contributed by atoms with E-state index < -0.39 is 5.60 Å². The lowest BCUT2D eigenvalue weighted by molar-refractivity contribution is -0.000781. The Bertz CT molecular complexity index is 549. The van der Waals surface area contributed by atoms with Gasteiger partial charge in [-0.25, -0.2) is 4.68 Å². The molecule has 1 aromatic heterocycles. The molecular formula is C14H22BrN3O3. The van der Waals surface area contributed by atoms with E-state index in [1.54, 1.807) is 0 Å². The normalized spacial score (nSPS) is 25.8. The molecule has 21 heavy (non-hydrogen) atoms. The van der Waals surface area contributed by atoms with E-state index in [0.717, 1.165) is 25.7 Å². The number of anilines is 1. The fourth-order valence-electron chi connectivity index (χ4n) is 2.89. The molecule has 118 valence electrons. The van der Waals surface area contributed by atoms with Crippen LogP contribution in [0.2, 0.25) is 0 Å². The highest BCUT2D eigenvalue weighted by atomic mass is 79.9. The van der Waals surface area contributed by atoms with Crippen LogP contribution in [-0.4, -0.2) is 38.7 Å². The van der Waals surface area contributed by atoms with Crippen LogP contribution in [0.4, 0.5) is 5.69 Å². The molecule has 1 fully saturated rings. The Kier molecular flexibility index (Phi) is 5.40. The van der Waals surface area contributed by atoms with Crippen molar-refractivity contribution < 1.29 is 10.2 Å². The maximum atomic E-state index is 12.0. The summed E-state index contributed by atoms with van der Waals surface area (Å²) in [4.78, 5) is 12.0. The average molecular weight is 360 g/mol. The van der Waals surface area contributed by atoms with Crippen molar-refractivity contribution in [2.75, 3.05) is 18.5 Å². The summed E-state index contributed by atoms with van der Waals surface area (Å²) >= 11 is 3.26. The zero-order valence-electron chi connectivity index (χ0n) is 12.2. The van der Waals surface area contributed by atoms with Gasteiger partial charge in [-0.2, -0.15) is 5.10 Å². The van der Waals surface area contributed by atoms with E-state index in [0.29, 0.717) is 22.6 Å². The second-order valence-electron chi connectivity index (χ2n) is 5.90. The summed E-state index contributed by atoms with van der Waals surface area (Å²) < 4.78 is 1.57. The Morgan fingerprint density at radius 2 is 2.38 bits per heavy atom. The van der Waals surface area contributed by atoms with Crippen molar-refractivity contribution >= 4 is 21.6 Å². The number of aliphatic hydroxyl groups is 2. The molecule has 1 aliphatic carbocycles. The minimum absolute atomic E-state index is 0.135. The number of hydrogen-bond acceptors (Lipinski definition) is 5. The third-order valence-corrected chi connectivity index (χ3v) is 4.74. The lowest BCUT2D eigenvalue weighted by atomic mass is 9.79. The minimum atomic E-state index is -0.725. The number of rotatable bonds is 5. The zero-order valence-corrected chi connectivity index (χ0v) is 13.8. The van der Waals surface area contributed by atoms with Crippen LogP contribution in [-0.2, 0) is 6.54 Å². The molecule has 1 saturated carbocycles. The first-order chi connectivity index (χ1) is 9.95. The van der Waals surface area contributed by atoms with Crippen LogP contribution in [0.25, 0.3) is 0 Å². The van der Waals surface area contributed by atoms with Crippen molar-refractivity contribution in [1.82, 2.24) is 9.78 Å². The molecule has 6 nitrogen and oxygen atoms in total. The van der Waals surface area contributed by atoms with Gasteiger partial charge in [0, 0.05) is 6.54 Å². The van der Waals surface area contributed by atoms with Crippen molar-refractivity contribution in [3.8, 4) is 0 Å². The molecule has 1 aromatic rings. The van der Waals surface area contributed by atoms with E-state index in [1.165, 1.54) is 10.9 Å². The van der Waals surface area contributed by atoms with Crippen molar-refractivity contribution in [2.45, 2.75) is 44.8 Å². The van der Waals surface area contributed by atoms with Crippen LogP contribution < -0.4 is 10.9 Å². The summed E-state index contributed by atoms with van der Waals surface area (Å²) in [5.41, 5.74) is -0.448. The number of nitrogens with zero attached hydrogens (tertiary/aromatic N) is 2. The molecule has 2 rings (SSSR count). The maximum absolute atomic E-state index is 12.0. The number of hydrogen-bond donors (Lipinski definition) is 3. The van der Waals surface area contributed by atoms with Gasteiger partial charge in [0.1, 0.15) is 4.47 Å². The molecule has 3 N–H and O–H groups in total. The first-order valence-electron chi connectivity index (χ1n) is 7.28.